The fraction of sp³-hybridized carbons (Fsp3) is 0.462. The SMILES string of the molecule is CC.CC.CC.COc1cc(/C=C\c2cc(OC)c(OC)c(OC)c2)cc(OC)c1OC. The highest BCUT2D eigenvalue weighted by atomic mass is 16.5. The van der Waals surface area contributed by atoms with E-state index in [1.54, 1.807) is 42.7 Å². The van der Waals surface area contributed by atoms with E-state index in [-0.39, 0.29) is 0 Å². The van der Waals surface area contributed by atoms with Crippen LogP contribution in [0.1, 0.15) is 52.7 Å². The average molecular weight is 451 g/mol. The van der Waals surface area contributed by atoms with Crippen LogP contribution >= 0.6 is 0 Å². The summed E-state index contributed by atoms with van der Waals surface area (Å²) in [5.41, 5.74) is 1.79. The second-order valence-electron chi connectivity index (χ2n) is 5.25. The van der Waals surface area contributed by atoms with E-state index in [2.05, 4.69) is 0 Å². The van der Waals surface area contributed by atoms with Crippen LogP contribution in [0.4, 0.5) is 0 Å². The molecule has 0 amide bonds. The van der Waals surface area contributed by atoms with Gasteiger partial charge in [0.2, 0.25) is 11.5 Å². The minimum absolute atomic E-state index is 0.555. The second-order valence-corrected chi connectivity index (χ2v) is 5.25. The number of rotatable bonds is 8. The van der Waals surface area contributed by atoms with E-state index >= 15 is 0 Å². The second kappa shape index (κ2) is 18.7. The summed E-state index contributed by atoms with van der Waals surface area (Å²) in [4.78, 5) is 0. The standard InChI is InChI=1S/C20H24O6.3C2H6/c1-21-15-9-13(10-16(22-2)19(15)25-5)7-8-14-11-17(23-3)20(26-6)18(12-14)24-4;3*1-2/h7-12H,1-6H3;3*1-2H3/b8-7-;;;. The molecular weight excluding hydrogens is 408 g/mol. The average Bonchev–Trinajstić information content (AvgIpc) is 2.89. The molecule has 2 rings (SSSR count). The van der Waals surface area contributed by atoms with Crippen molar-refractivity contribution in [2.75, 3.05) is 42.7 Å². The Labute approximate surface area is 195 Å². The third-order valence-corrected chi connectivity index (χ3v) is 3.84. The van der Waals surface area contributed by atoms with Crippen molar-refractivity contribution in [2.24, 2.45) is 0 Å². The Kier molecular flexibility index (Phi) is 18.2. The van der Waals surface area contributed by atoms with Crippen LogP contribution in [0.15, 0.2) is 24.3 Å². The van der Waals surface area contributed by atoms with E-state index < -0.39 is 0 Å². The molecule has 2 aromatic carbocycles. The Morgan fingerprint density at radius 3 is 0.781 bits per heavy atom. The van der Waals surface area contributed by atoms with Gasteiger partial charge in [-0.15, -0.1) is 0 Å². The summed E-state index contributed by atoms with van der Waals surface area (Å²) in [7, 11) is 9.50. The summed E-state index contributed by atoms with van der Waals surface area (Å²) in [5, 5.41) is 0. The summed E-state index contributed by atoms with van der Waals surface area (Å²) in [5.74, 6) is 3.49. The minimum Gasteiger partial charge on any atom is -0.493 e. The molecule has 182 valence electrons. The van der Waals surface area contributed by atoms with Crippen molar-refractivity contribution in [3.8, 4) is 34.5 Å². The largest absolute Gasteiger partial charge is 0.493 e. The van der Waals surface area contributed by atoms with Gasteiger partial charge in [-0.3, -0.25) is 0 Å². The van der Waals surface area contributed by atoms with Crippen LogP contribution in [0.5, 0.6) is 34.5 Å². The number of methoxy groups -OCH3 is 6. The van der Waals surface area contributed by atoms with Gasteiger partial charge >= 0.3 is 0 Å². The van der Waals surface area contributed by atoms with Gasteiger partial charge in [-0.1, -0.05) is 53.7 Å². The summed E-state index contributed by atoms with van der Waals surface area (Å²) in [6, 6.07) is 7.48. The molecule has 0 spiro atoms. The quantitative estimate of drug-likeness (QED) is 0.404. The Hall–Kier alpha value is -3.02. The van der Waals surface area contributed by atoms with Gasteiger partial charge in [0.25, 0.3) is 0 Å². The molecule has 2 aromatic rings. The van der Waals surface area contributed by atoms with Crippen LogP contribution in [0, 0.1) is 0 Å². The van der Waals surface area contributed by atoms with Crippen LogP contribution in [0.25, 0.3) is 12.2 Å². The molecular formula is C26H42O6. The van der Waals surface area contributed by atoms with Crippen LogP contribution < -0.4 is 28.4 Å². The lowest BCUT2D eigenvalue weighted by Gasteiger charge is -2.13. The number of ether oxygens (including phenoxy) is 6. The van der Waals surface area contributed by atoms with Crippen LogP contribution in [-0.2, 0) is 0 Å². The number of benzene rings is 2. The summed E-state index contributed by atoms with van der Waals surface area (Å²) >= 11 is 0. The van der Waals surface area contributed by atoms with Gasteiger partial charge in [-0.05, 0) is 35.4 Å². The first-order valence-electron chi connectivity index (χ1n) is 10.9. The normalized spacial score (nSPS) is 9.12. The molecule has 0 saturated heterocycles. The molecule has 0 atom stereocenters. The molecule has 0 aliphatic carbocycles. The van der Waals surface area contributed by atoms with E-state index in [9.17, 15) is 0 Å². The lowest BCUT2D eigenvalue weighted by molar-refractivity contribution is 0.324. The molecule has 6 heteroatoms. The van der Waals surface area contributed by atoms with Gasteiger partial charge in [0.15, 0.2) is 23.0 Å². The van der Waals surface area contributed by atoms with Crippen molar-refractivity contribution >= 4 is 12.2 Å². The Balaban J connectivity index is 0. The molecule has 0 bridgehead atoms. The highest BCUT2D eigenvalue weighted by Gasteiger charge is 2.13. The van der Waals surface area contributed by atoms with Crippen molar-refractivity contribution in [3.05, 3.63) is 35.4 Å². The van der Waals surface area contributed by atoms with Crippen molar-refractivity contribution in [3.63, 3.8) is 0 Å². The first kappa shape index (κ1) is 31.2. The van der Waals surface area contributed by atoms with Gasteiger partial charge in [0.1, 0.15) is 0 Å². The number of hydrogen-bond donors (Lipinski definition) is 0. The maximum atomic E-state index is 5.38. The van der Waals surface area contributed by atoms with Crippen LogP contribution in [0.2, 0.25) is 0 Å². The fourth-order valence-electron chi connectivity index (χ4n) is 2.59. The summed E-state index contributed by atoms with van der Waals surface area (Å²) in [6.07, 6.45) is 3.87. The van der Waals surface area contributed by atoms with Gasteiger partial charge in [0.05, 0.1) is 42.7 Å². The minimum atomic E-state index is 0.555. The topological polar surface area (TPSA) is 55.4 Å². The fourth-order valence-corrected chi connectivity index (χ4v) is 2.59. The molecule has 0 radical (unpaired) electrons. The molecule has 0 heterocycles. The number of hydrogen-bond acceptors (Lipinski definition) is 6. The molecule has 0 aliphatic heterocycles. The smallest absolute Gasteiger partial charge is 0.203 e. The predicted molar refractivity (Wildman–Crippen MR) is 135 cm³/mol. The summed E-state index contributed by atoms with van der Waals surface area (Å²) in [6.45, 7) is 12.0. The third kappa shape index (κ3) is 8.61. The van der Waals surface area contributed by atoms with E-state index in [0.29, 0.717) is 34.5 Å². The van der Waals surface area contributed by atoms with E-state index in [1.165, 1.54) is 0 Å². The molecule has 0 N–H and O–H groups in total. The molecule has 0 saturated carbocycles. The van der Waals surface area contributed by atoms with Crippen LogP contribution in [-0.4, -0.2) is 42.7 Å². The van der Waals surface area contributed by atoms with Gasteiger partial charge in [-0.2, -0.15) is 0 Å². The van der Waals surface area contributed by atoms with E-state index in [4.69, 9.17) is 28.4 Å². The van der Waals surface area contributed by atoms with Crippen molar-refractivity contribution in [2.45, 2.75) is 41.5 Å². The monoisotopic (exact) mass is 450 g/mol. The Bertz CT molecular complexity index is 668. The predicted octanol–water partition coefficient (Wildman–Crippen LogP) is 6.99. The lowest BCUT2D eigenvalue weighted by atomic mass is 10.1. The third-order valence-electron chi connectivity index (χ3n) is 3.84. The zero-order valence-electron chi connectivity index (χ0n) is 21.9. The van der Waals surface area contributed by atoms with Gasteiger partial charge in [0, 0.05) is 0 Å². The Morgan fingerprint density at radius 2 is 0.625 bits per heavy atom. The highest BCUT2D eigenvalue weighted by Crippen LogP contribution is 2.40. The van der Waals surface area contributed by atoms with Crippen molar-refractivity contribution in [1.29, 1.82) is 0 Å². The van der Waals surface area contributed by atoms with Crippen molar-refractivity contribution < 1.29 is 28.4 Å². The molecule has 0 aliphatic rings. The Morgan fingerprint density at radius 1 is 0.406 bits per heavy atom. The van der Waals surface area contributed by atoms with Crippen molar-refractivity contribution in [1.82, 2.24) is 0 Å². The molecule has 32 heavy (non-hydrogen) atoms. The highest BCUT2D eigenvalue weighted by molar-refractivity contribution is 5.75. The first-order valence-corrected chi connectivity index (χ1v) is 10.9. The van der Waals surface area contributed by atoms with E-state index in [1.807, 2.05) is 78.0 Å². The maximum absolute atomic E-state index is 5.38. The molecule has 0 fully saturated rings. The lowest BCUT2D eigenvalue weighted by Crippen LogP contribution is -1.96. The maximum Gasteiger partial charge on any atom is 0.203 e. The zero-order chi connectivity index (χ0) is 25.1. The summed E-state index contributed by atoms with van der Waals surface area (Å²) < 4.78 is 32.2. The zero-order valence-corrected chi connectivity index (χ0v) is 21.9. The van der Waals surface area contributed by atoms with Crippen LogP contribution in [0.3, 0.4) is 0 Å². The van der Waals surface area contributed by atoms with Gasteiger partial charge < -0.3 is 28.4 Å². The molecule has 0 unspecified atom stereocenters. The van der Waals surface area contributed by atoms with E-state index in [0.717, 1.165) is 11.1 Å². The molecule has 6 nitrogen and oxygen atoms in total. The van der Waals surface area contributed by atoms with Gasteiger partial charge in [-0.25, -0.2) is 0 Å². The molecule has 0 aromatic heterocycles. The first-order chi connectivity index (χ1) is 15.6.